The van der Waals surface area contributed by atoms with E-state index in [1.165, 1.54) is 24.9 Å². The highest BCUT2D eigenvalue weighted by molar-refractivity contribution is 9.10. The smallest absolute Gasteiger partial charge is 0.311 e. The van der Waals surface area contributed by atoms with Crippen molar-refractivity contribution in [3.8, 4) is 5.75 Å². The van der Waals surface area contributed by atoms with E-state index in [0.29, 0.717) is 10.7 Å². The molecule has 10 heteroatoms. The van der Waals surface area contributed by atoms with E-state index >= 15 is 0 Å². The van der Waals surface area contributed by atoms with Crippen molar-refractivity contribution < 1.29 is 9.66 Å². The summed E-state index contributed by atoms with van der Waals surface area (Å²) in [6.07, 6.45) is 3.20. The fraction of sp³-hybridized carbons (Fsp3) is 0.250. The molecular formula is C20H20BrN5O3S. The lowest BCUT2D eigenvalue weighted by atomic mass is 10.2. The van der Waals surface area contributed by atoms with Crippen LogP contribution in [0, 0.1) is 10.1 Å². The molecule has 0 bridgehead atoms. The minimum atomic E-state index is -0.475. The van der Waals surface area contributed by atoms with Gasteiger partial charge in [0.25, 0.3) is 0 Å². The topological polar surface area (TPSA) is 95.4 Å². The summed E-state index contributed by atoms with van der Waals surface area (Å²) >= 11 is 4.97. The number of hydrogen-bond acceptors (Lipinski definition) is 7. The molecule has 0 atom stereocenters. The van der Waals surface area contributed by atoms with Gasteiger partial charge in [-0.25, -0.2) is 0 Å². The normalized spacial score (nSPS) is 11.2. The van der Waals surface area contributed by atoms with Crippen LogP contribution >= 0.6 is 27.7 Å². The SMILES string of the molecule is CCCc1nnc(SCc2ccc(Br)cc2)n1/N=C\c1ccc(OC)c([N+](=O)[O-])c1. The predicted molar refractivity (Wildman–Crippen MR) is 120 cm³/mol. The molecule has 0 spiro atoms. The van der Waals surface area contributed by atoms with Crippen LogP contribution in [0.3, 0.4) is 0 Å². The van der Waals surface area contributed by atoms with Crippen LogP contribution in [0.4, 0.5) is 5.69 Å². The van der Waals surface area contributed by atoms with Crippen molar-refractivity contribution in [2.24, 2.45) is 5.10 Å². The number of nitro groups is 1. The Bertz CT molecular complexity index is 1050. The Kier molecular flexibility index (Phi) is 7.58. The average molecular weight is 490 g/mol. The molecule has 3 aromatic rings. The number of aromatic nitrogens is 3. The number of ether oxygens (including phenoxy) is 1. The number of hydrogen-bond donors (Lipinski definition) is 0. The first-order chi connectivity index (χ1) is 14.5. The Labute approximate surface area is 186 Å². The van der Waals surface area contributed by atoms with Gasteiger partial charge in [0.15, 0.2) is 11.6 Å². The molecule has 0 unspecified atom stereocenters. The number of benzene rings is 2. The van der Waals surface area contributed by atoms with Gasteiger partial charge in [-0.05, 0) is 36.2 Å². The summed E-state index contributed by atoms with van der Waals surface area (Å²) in [5.41, 5.74) is 1.64. The number of rotatable bonds is 9. The number of aryl methyl sites for hydroxylation is 1. The third-order valence-electron chi connectivity index (χ3n) is 4.15. The summed E-state index contributed by atoms with van der Waals surface area (Å²) in [7, 11) is 1.40. The Morgan fingerprint density at radius 2 is 2.03 bits per heavy atom. The summed E-state index contributed by atoms with van der Waals surface area (Å²) in [5.74, 6) is 1.68. The molecule has 3 rings (SSSR count). The van der Waals surface area contributed by atoms with Gasteiger partial charge in [0, 0.05) is 28.3 Å². The van der Waals surface area contributed by atoms with Crippen LogP contribution in [0.2, 0.25) is 0 Å². The van der Waals surface area contributed by atoms with Crippen LogP contribution in [0.25, 0.3) is 0 Å². The van der Waals surface area contributed by atoms with Crippen LogP contribution in [-0.4, -0.2) is 33.1 Å². The molecule has 0 aliphatic rings. The number of methoxy groups -OCH3 is 1. The van der Waals surface area contributed by atoms with Crippen molar-refractivity contribution in [1.82, 2.24) is 14.9 Å². The predicted octanol–water partition coefficient (Wildman–Crippen LogP) is 5.08. The second-order valence-corrected chi connectivity index (χ2v) is 8.17. The van der Waals surface area contributed by atoms with Crippen LogP contribution in [-0.2, 0) is 12.2 Å². The van der Waals surface area contributed by atoms with E-state index in [0.717, 1.165) is 34.5 Å². The van der Waals surface area contributed by atoms with Gasteiger partial charge in [0.05, 0.1) is 18.2 Å². The van der Waals surface area contributed by atoms with Gasteiger partial charge < -0.3 is 4.74 Å². The maximum atomic E-state index is 11.2. The molecule has 2 aromatic carbocycles. The van der Waals surface area contributed by atoms with Gasteiger partial charge in [-0.15, -0.1) is 10.2 Å². The van der Waals surface area contributed by atoms with E-state index in [1.807, 2.05) is 24.3 Å². The molecule has 1 heterocycles. The first-order valence-electron chi connectivity index (χ1n) is 9.20. The number of nitrogens with zero attached hydrogens (tertiary/aromatic N) is 5. The molecule has 1 aromatic heterocycles. The van der Waals surface area contributed by atoms with Gasteiger partial charge in [-0.3, -0.25) is 10.1 Å². The van der Waals surface area contributed by atoms with Gasteiger partial charge in [0.1, 0.15) is 0 Å². The first-order valence-corrected chi connectivity index (χ1v) is 11.0. The van der Waals surface area contributed by atoms with E-state index in [1.54, 1.807) is 23.0 Å². The van der Waals surface area contributed by atoms with Crippen molar-refractivity contribution >= 4 is 39.6 Å². The van der Waals surface area contributed by atoms with Crippen LogP contribution < -0.4 is 4.74 Å². The lowest BCUT2D eigenvalue weighted by molar-refractivity contribution is -0.385. The van der Waals surface area contributed by atoms with E-state index < -0.39 is 4.92 Å². The van der Waals surface area contributed by atoms with Crippen molar-refractivity contribution in [2.75, 3.05) is 7.11 Å². The molecule has 30 heavy (non-hydrogen) atoms. The Hall–Kier alpha value is -2.72. The zero-order valence-corrected chi connectivity index (χ0v) is 18.9. The van der Waals surface area contributed by atoms with Gasteiger partial charge >= 0.3 is 5.69 Å². The lowest BCUT2D eigenvalue weighted by Crippen LogP contribution is -2.01. The fourth-order valence-electron chi connectivity index (χ4n) is 2.66. The van der Waals surface area contributed by atoms with Gasteiger partial charge in [-0.1, -0.05) is 46.7 Å². The quantitative estimate of drug-likeness (QED) is 0.180. The highest BCUT2D eigenvalue weighted by atomic mass is 79.9. The molecule has 0 saturated heterocycles. The minimum absolute atomic E-state index is 0.108. The molecule has 156 valence electrons. The average Bonchev–Trinajstić information content (AvgIpc) is 3.13. The monoisotopic (exact) mass is 489 g/mol. The van der Waals surface area contributed by atoms with E-state index in [9.17, 15) is 10.1 Å². The van der Waals surface area contributed by atoms with E-state index in [2.05, 4.69) is 38.2 Å². The highest BCUT2D eigenvalue weighted by Crippen LogP contribution is 2.27. The van der Waals surface area contributed by atoms with E-state index in [4.69, 9.17) is 4.74 Å². The third kappa shape index (κ3) is 5.45. The zero-order chi connectivity index (χ0) is 21.5. The van der Waals surface area contributed by atoms with Crippen LogP contribution in [0.1, 0.15) is 30.3 Å². The maximum Gasteiger partial charge on any atom is 0.311 e. The first kappa shape index (κ1) is 22.0. The molecule has 0 amide bonds. The number of thioether (sulfide) groups is 1. The molecule has 0 fully saturated rings. The molecule has 0 aliphatic heterocycles. The molecule has 0 N–H and O–H groups in total. The van der Waals surface area contributed by atoms with E-state index in [-0.39, 0.29) is 11.4 Å². The maximum absolute atomic E-state index is 11.2. The standard InChI is InChI=1S/C20H20BrN5O3S/c1-3-4-19-23-24-20(30-13-14-5-8-16(21)9-6-14)25(19)22-12-15-7-10-18(29-2)17(11-15)26(27)28/h5-12H,3-4,13H2,1-2H3/b22-12-. The molecule has 8 nitrogen and oxygen atoms in total. The summed E-state index contributed by atoms with van der Waals surface area (Å²) < 4.78 is 7.77. The van der Waals surface area contributed by atoms with Gasteiger partial charge in [-0.2, -0.15) is 9.78 Å². The third-order valence-corrected chi connectivity index (χ3v) is 5.67. The second-order valence-electron chi connectivity index (χ2n) is 6.31. The summed E-state index contributed by atoms with van der Waals surface area (Å²) in [5, 5.41) is 25.0. The molecule has 0 aliphatic carbocycles. The molecular weight excluding hydrogens is 470 g/mol. The second kappa shape index (κ2) is 10.4. The molecule has 0 radical (unpaired) electrons. The zero-order valence-electron chi connectivity index (χ0n) is 16.5. The largest absolute Gasteiger partial charge is 0.490 e. The summed E-state index contributed by atoms with van der Waals surface area (Å²) in [6.45, 7) is 2.06. The van der Waals surface area contributed by atoms with Crippen LogP contribution in [0.15, 0.2) is 57.2 Å². The van der Waals surface area contributed by atoms with Gasteiger partial charge in [0.2, 0.25) is 5.16 Å². The van der Waals surface area contributed by atoms with Crippen molar-refractivity contribution in [3.05, 3.63) is 74.0 Å². The van der Waals surface area contributed by atoms with Crippen molar-refractivity contribution in [1.29, 1.82) is 0 Å². The Morgan fingerprint density at radius 3 is 2.70 bits per heavy atom. The van der Waals surface area contributed by atoms with Crippen molar-refractivity contribution in [2.45, 2.75) is 30.7 Å². The number of halogens is 1. The summed E-state index contributed by atoms with van der Waals surface area (Å²) in [6, 6.07) is 12.8. The highest BCUT2D eigenvalue weighted by Gasteiger charge is 2.15. The lowest BCUT2D eigenvalue weighted by Gasteiger charge is -2.05. The van der Waals surface area contributed by atoms with Crippen molar-refractivity contribution in [3.63, 3.8) is 0 Å². The summed E-state index contributed by atoms with van der Waals surface area (Å²) in [4.78, 5) is 10.8. The Morgan fingerprint density at radius 1 is 1.27 bits per heavy atom. The number of nitro benzene ring substituents is 1. The Balaban J connectivity index is 1.85. The molecule has 0 saturated carbocycles. The van der Waals surface area contributed by atoms with Crippen LogP contribution in [0.5, 0.6) is 5.75 Å². The minimum Gasteiger partial charge on any atom is -0.490 e. The fourth-order valence-corrected chi connectivity index (χ4v) is 3.79.